The van der Waals surface area contributed by atoms with Gasteiger partial charge in [0.2, 0.25) is 0 Å². The Morgan fingerprint density at radius 1 is 1.38 bits per heavy atom. The zero-order valence-electron chi connectivity index (χ0n) is 9.95. The van der Waals surface area contributed by atoms with Crippen molar-refractivity contribution < 1.29 is 0 Å². The van der Waals surface area contributed by atoms with E-state index in [9.17, 15) is 0 Å². The molecule has 0 aromatic carbocycles. The van der Waals surface area contributed by atoms with Crippen LogP contribution in [-0.4, -0.2) is 29.8 Å². The van der Waals surface area contributed by atoms with E-state index in [0.717, 1.165) is 25.5 Å². The molecule has 0 saturated carbocycles. The highest BCUT2D eigenvalue weighted by Gasteiger charge is 2.12. The van der Waals surface area contributed by atoms with E-state index >= 15 is 0 Å². The molecule has 2 rings (SSSR count). The minimum atomic E-state index is 0.901. The Hall–Kier alpha value is -1.32. The second kappa shape index (κ2) is 5.68. The van der Waals surface area contributed by atoms with Gasteiger partial charge in [0.25, 0.3) is 0 Å². The van der Waals surface area contributed by atoms with Gasteiger partial charge >= 0.3 is 0 Å². The highest BCUT2D eigenvalue weighted by atomic mass is 15.2. The molecule has 1 aliphatic rings. The molecule has 0 unspecified atom stereocenters. The van der Waals surface area contributed by atoms with Gasteiger partial charge in [-0.2, -0.15) is 5.10 Å². The first-order valence-corrected chi connectivity index (χ1v) is 6.21. The summed E-state index contributed by atoms with van der Waals surface area (Å²) in [4.78, 5) is 2.37. The van der Waals surface area contributed by atoms with Crippen molar-refractivity contribution >= 4 is 11.5 Å². The quantitative estimate of drug-likeness (QED) is 0.773. The van der Waals surface area contributed by atoms with Crippen LogP contribution in [0.5, 0.6) is 0 Å². The molecule has 88 valence electrons. The summed E-state index contributed by atoms with van der Waals surface area (Å²) in [6.07, 6.45) is 6.82. The van der Waals surface area contributed by atoms with Gasteiger partial charge in [0.05, 0.1) is 11.9 Å². The van der Waals surface area contributed by atoms with Crippen LogP contribution < -0.4 is 10.2 Å². The third kappa shape index (κ3) is 2.84. The molecule has 0 amide bonds. The molecular formula is C12H20N4. The number of unbranched alkanes of at least 4 members (excludes halogenated alkanes) is 1. The van der Waals surface area contributed by atoms with E-state index in [1.165, 1.54) is 31.4 Å². The van der Waals surface area contributed by atoms with Crippen molar-refractivity contribution in [2.45, 2.75) is 32.6 Å². The molecule has 1 aliphatic heterocycles. The fourth-order valence-corrected chi connectivity index (χ4v) is 1.98. The van der Waals surface area contributed by atoms with E-state index in [1.807, 2.05) is 6.20 Å². The van der Waals surface area contributed by atoms with E-state index in [4.69, 9.17) is 0 Å². The van der Waals surface area contributed by atoms with Gasteiger partial charge in [-0.05, 0) is 19.3 Å². The first kappa shape index (κ1) is 11.2. The van der Waals surface area contributed by atoms with Gasteiger partial charge in [-0.15, -0.1) is 5.10 Å². The molecule has 16 heavy (non-hydrogen) atoms. The highest BCUT2D eigenvalue weighted by molar-refractivity contribution is 5.52. The summed E-state index contributed by atoms with van der Waals surface area (Å²) in [6.45, 7) is 5.48. The van der Waals surface area contributed by atoms with Gasteiger partial charge in [-0.25, -0.2) is 0 Å². The molecule has 1 N–H and O–H groups in total. The number of hydrogen-bond acceptors (Lipinski definition) is 4. The van der Waals surface area contributed by atoms with Crippen molar-refractivity contribution in [1.82, 2.24) is 10.2 Å². The summed E-state index contributed by atoms with van der Waals surface area (Å²) in [5, 5.41) is 11.5. The number of aromatic nitrogens is 2. The van der Waals surface area contributed by atoms with Gasteiger partial charge in [0.15, 0.2) is 5.82 Å². The maximum absolute atomic E-state index is 4.09. The zero-order valence-corrected chi connectivity index (χ0v) is 9.95. The largest absolute Gasteiger partial charge is 0.370 e. The number of hydrogen-bond donors (Lipinski definition) is 1. The SMILES string of the molecule is CCCCNc1cc(N2CCCC2)cnn1. The third-order valence-electron chi connectivity index (χ3n) is 2.95. The van der Waals surface area contributed by atoms with Crippen LogP contribution in [0.15, 0.2) is 12.3 Å². The lowest BCUT2D eigenvalue weighted by Crippen LogP contribution is -2.18. The van der Waals surface area contributed by atoms with Crippen molar-refractivity contribution in [3.8, 4) is 0 Å². The Morgan fingerprint density at radius 2 is 2.19 bits per heavy atom. The van der Waals surface area contributed by atoms with Crippen molar-refractivity contribution in [1.29, 1.82) is 0 Å². The molecule has 4 heteroatoms. The molecule has 4 nitrogen and oxygen atoms in total. The van der Waals surface area contributed by atoms with Crippen LogP contribution in [0.2, 0.25) is 0 Å². The van der Waals surface area contributed by atoms with Gasteiger partial charge in [-0.1, -0.05) is 13.3 Å². The second-order valence-electron chi connectivity index (χ2n) is 4.27. The van der Waals surface area contributed by atoms with E-state index < -0.39 is 0 Å². The maximum Gasteiger partial charge on any atom is 0.150 e. The molecule has 1 aromatic heterocycles. The molecule has 2 heterocycles. The molecule has 0 radical (unpaired) electrons. The van der Waals surface area contributed by atoms with Crippen LogP contribution >= 0.6 is 0 Å². The molecule has 0 aliphatic carbocycles. The van der Waals surface area contributed by atoms with Gasteiger partial charge < -0.3 is 10.2 Å². The zero-order chi connectivity index (χ0) is 11.2. The fourth-order valence-electron chi connectivity index (χ4n) is 1.98. The molecule has 0 spiro atoms. The first-order valence-electron chi connectivity index (χ1n) is 6.21. The predicted octanol–water partition coefficient (Wildman–Crippen LogP) is 2.29. The minimum Gasteiger partial charge on any atom is -0.370 e. The smallest absolute Gasteiger partial charge is 0.150 e. The lowest BCUT2D eigenvalue weighted by molar-refractivity contribution is 0.826. The predicted molar refractivity (Wildman–Crippen MR) is 66.9 cm³/mol. The average molecular weight is 220 g/mol. The number of nitrogens with one attached hydrogen (secondary N) is 1. The van der Waals surface area contributed by atoms with Crippen LogP contribution in [0, 0.1) is 0 Å². The molecule has 1 saturated heterocycles. The number of anilines is 2. The number of rotatable bonds is 5. The standard InChI is InChI=1S/C12H20N4/c1-2-3-6-13-12-9-11(10-14-15-12)16-7-4-5-8-16/h9-10H,2-8H2,1H3,(H,13,15). The Labute approximate surface area is 97.1 Å². The Kier molecular flexibility index (Phi) is 3.97. The summed E-state index contributed by atoms with van der Waals surface area (Å²) >= 11 is 0. The first-order chi connectivity index (χ1) is 7.90. The highest BCUT2D eigenvalue weighted by Crippen LogP contribution is 2.20. The van der Waals surface area contributed by atoms with E-state index in [1.54, 1.807) is 0 Å². The van der Waals surface area contributed by atoms with Gasteiger partial charge in [0, 0.05) is 25.7 Å². The van der Waals surface area contributed by atoms with Gasteiger partial charge in [-0.3, -0.25) is 0 Å². The van der Waals surface area contributed by atoms with Crippen molar-refractivity contribution in [2.75, 3.05) is 29.9 Å². The maximum atomic E-state index is 4.09. The van der Waals surface area contributed by atoms with Crippen LogP contribution in [0.1, 0.15) is 32.6 Å². The van der Waals surface area contributed by atoms with Crippen molar-refractivity contribution in [3.63, 3.8) is 0 Å². The van der Waals surface area contributed by atoms with Crippen molar-refractivity contribution in [2.24, 2.45) is 0 Å². The Bertz CT molecular complexity index is 321. The Balaban J connectivity index is 1.95. The fraction of sp³-hybridized carbons (Fsp3) is 0.667. The summed E-state index contributed by atoms with van der Waals surface area (Å²) in [6, 6.07) is 2.11. The van der Waals surface area contributed by atoms with Crippen LogP contribution in [0.3, 0.4) is 0 Å². The van der Waals surface area contributed by atoms with Crippen LogP contribution in [0.4, 0.5) is 11.5 Å². The second-order valence-corrected chi connectivity index (χ2v) is 4.27. The molecule has 0 bridgehead atoms. The average Bonchev–Trinajstić information content (AvgIpc) is 2.83. The molecule has 1 fully saturated rings. The summed E-state index contributed by atoms with van der Waals surface area (Å²) in [5.41, 5.74) is 1.20. The summed E-state index contributed by atoms with van der Waals surface area (Å²) in [5.74, 6) is 0.901. The van der Waals surface area contributed by atoms with E-state index in [0.29, 0.717) is 0 Å². The normalized spacial score (nSPS) is 15.4. The van der Waals surface area contributed by atoms with E-state index in [-0.39, 0.29) is 0 Å². The summed E-state index contributed by atoms with van der Waals surface area (Å²) in [7, 11) is 0. The van der Waals surface area contributed by atoms with Crippen molar-refractivity contribution in [3.05, 3.63) is 12.3 Å². The number of nitrogens with zero attached hydrogens (tertiary/aromatic N) is 3. The van der Waals surface area contributed by atoms with Crippen LogP contribution in [0.25, 0.3) is 0 Å². The Morgan fingerprint density at radius 3 is 2.94 bits per heavy atom. The molecule has 0 atom stereocenters. The molecular weight excluding hydrogens is 200 g/mol. The third-order valence-corrected chi connectivity index (χ3v) is 2.95. The lowest BCUT2D eigenvalue weighted by atomic mass is 10.3. The van der Waals surface area contributed by atoms with E-state index in [2.05, 4.69) is 33.4 Å². The monoisotopic (exact) mass is 220 g/mol. The topological polar surface area (TPSA) is 41.0 Å². The summed E-state index contributed by atoms with van der Waals surface area (Å²) < 4.78 is 0. The molecule has 1 aromatic rings. The lowest BCUT2D eigenvalue weighted by Gasteiger charge is -2.17. The van der Waals surface area contributed by atoms with Crippen LogP contribution in [-0.2, 0) is 0 Å². The minimum absolute atomic E-state index is 0.901. The van der Waals surface area contributed by atoms with Gasteiger partial charge in [0.1, 0.15) is 0 Å².